The van der Waals surface area contributed by atoms with Gasteiger partial charge in [-0.25, -0.2) is 0 Å². The molecule has 4 heteroatoms. The van der Waals surface area contributed by atoms with Crippen molar-refractivity contribution in [3.63, 3.8) is 0 Å². The number of carbonyl (C=O) groups excluding carboxylic acids is 1. The monoisotopic (exact) mass is 301 g/mol. The lowest BCUT2D eigenvalue weighted by Gasteiger charge is -2.17. The molecule has 1 fully saturated rings. The zero-order valence-electron chi connectivity index (χ0n) is 12.2. The van der Waals surface area contributed by atoms with E-state index in [4.69, 9.17) is 0 Å². The van der Waals surface area contributed by atoms with E-state index in [1.165, 1.54) is 9.75 Å². The zero-order valence-corrected chi connectivity index (χ0v) is 13.1. The number of phenolic OH excluding ortho intramolecular Hbond substituents is 1. The number of hydrogen-bond acceptors (Lipinski definition) is 3. The minimum Gasteiger partial charge on any atom is -0.508 e. The Labute approximate surface area is 128 Å². The lowest BCUT2D eigenvalue weighted by atomic mass is 10.2. The van der Waals surface area contributed by atoms with Crippen LogP contribution in [-0.4, -0.2) is 23.0 Å². The van der Waals surface area contributed by atoms with Crippen LogP contribution in [0.25, 0.3) is 0 Å². The second-order valence-corrected chi connectivity index (χ2v) is 7.08. The fourth-order valence-corrected chi connectivity index (χ4v) is 3.78. The number of thiophene rings is 1. The van der Waals surface area contributed by atoms with Crippen molar-refractivity contribution in [1.82, 2.24) is 4.90 Å². The van der Waals surface area contributed by atoms with E-state index in [1.54, 1.807) is 34.4 Å². The van der Waals surface area contributed by atoms with E-state index >= 15 is 0 Å². The van der Waals surface area contributed by atoms with Gasteiger partial charge < -0.3 is 10.0 Å². The minimum atomic E-state index is 0.130. The lowest BCUT2D eigenvalue weighted by Crippen LogP contribution is -2.27. The van der Waals surface area contributed by atoms with E-state index in [9.17, 15) is 9.90 Å². The van der Waals surface area contributed by atoms with Crippen LogP contribution in [0.2, 0.25) is 0 Å². The zero-order chi connectivity index (χ0) is 15.0. The fourth-order valence-electron chi connectivity index (χ4n) is 2.72. The summed E-state index contributed by atoms with van der Waals surface area (Å²) in [6.45, 7) is 2.64. The Hall–Kier alpha value is -1.81. The van der Waals surface area contributed by atoms with E-state index in [0.717, 1.165) is 12.0 Å². The molecule has 0 aliphatic heterocycles. The second kappa shape index (κ2) is 5.53. The molecule has 0 saturated heterocycles. The average Bonchev–Trinajstić information content (AvgIpc) is 3.13. The predicted octanol–water partition coefficient (Wildman–Crippen LogP) is 3.52. The van der Waals surface area contributed by atoms with Crippen molar-refractivity contribution in [1.29, 1.82) is 0 Å². The topological polar surface area (TPSA) is 40.5 Å². The molecule has 1 aliphatic rings. The molecule has 0 radical (unpaired) electrons. The first-order chi connectivity index (χ1) is 10.0. The first-order valence-electron chi connectivity index (χ1n) is 7.14. The number of aryl methyl sites for hydroxylation is 1. The third-order valence-electron chi connectivity index (χ3n) is 3.94. The van der Waals surface area contributed by atoms with E-state index in [0.29, 0.717) is 12.5 Å². The summed E-state index contributed by atoms with van der Waals surface area (Å²) in [5.41, 5.74) is 0.954. The number of aromatic hydroxyl groups is 1. The molecule has 3 nitrogen and oxygen atoms in total. The molecule has 0 bridgehead atoms. The SMILES string of the molecule is Cc1ccc([C@H]2C[C@@H]2C(=O)N(C)Cc2cccc(O)c2)s1. The van der Waals surface area contributed by atoms with Crippen LogP contribution in [0.15, 0.2) is 36.4 Å². The molecule has 0 spiro atoms. The third kappa shape index (κ3) is 3.10. The summed E-state index contributed by atoms with van der Waals surface area (Å²) in [4.78, 5) is 16.8. The smallest absolute Gasteiger partial charge is 0.226 e. The summed E-state index contributed by atoms with van der Waals surface area (Å²) < 4.78 is 0. The Morgan fingerprint density at radius 3 is 2.86 bits per heavy atom. The molecule has 2 atom stereocenters. The third-order valence-corrected chi connectivity index (χ3v) is 5.07. The molecule has 21 heavy (non-hydrogen) atoms. The molecule has 1 heterocycles. The predicted molar refractivity (Wildman–Crippen MR) is 84.5 cm³/mol. The Balaban J connectivity index is 1.61. The quantitative estimate of drug-likeness (QED) is 0.938. The maximum atomic E-state index is 12.5. The number of benzene rings is 1. The Kier molecular flexibility index (Phi) is 3.72. The molecule has 0 unspecified atom stereocenters. The van der Waals surface area contributed by atoms with Gasteiger partial charge in [-0.3, -0.25) is 4.79 Å². The van der Waals surface area contributed by atoms with E-state index < -0.39 is 0 Å². The molecule has 1 aromatic heterocycles. The molecule has 1 N–H and O–H groups in total. The number of rotatable bonds is 4. The molecule has 110 valence electrons. The summed E-state index contributed by atoms with van der Waals surface area (Å²) >= 11 is 1.79. The van der Waals surface area contributed by atoms with Crippen LogP contribution in [0.1, 0.15) is 27.7 Å². The van der Waals surface area contributed by atoms with Gasteiger partial charge in [0.1, 0.15) is 5.75 Å². The first-order valence-corrected chi connectivity index (χ1v) is 7.95. The number of nitrogens with zero attached hydrogens (tertiary/aromatic N) is 1. The fraction of sp³-hybridized carbons (Fsp3) is 0.353. The van der Waals surface area contributed by atoms with Gasteiger partial charge in [-0.1, -0.05) is 12.1 Å². The number of carbonyl (C=O) groups is 1. The highest BCUT2D eigenvalue weighted by molar-refractivity contribution is 7.12. The number of amides is 1. The van der Waals surface area contributed by atoms with Crippen molar-refractivity contribution in [2.24, 2.45) is 5.92 Å². The molecule has 3 rings (SSSR count). The van der Waals surface area contributed by atoms with Gasteiger partial charge in [-0.15, -0.1) is 11.3 Å². The molecular weight excluding hydrogens is 282 g/mol. The highest BCUT2D eigenvalue weighted by Gasteiger charge is 2.45. The van der Waals surface area contributed by atoms with E-state index in [2.05, 4.69) is 19.1 Å². The molecule has 1 saturated carbocycles. The van der Waals surface area contributed by atoms with Gasteiger partial charge in [-0.2, -0.15) is 0 Å². The lowest BCUT2D eigenvalue weighted by molar-refractivity contribution is -0.131. The summed E-state index contributed by atoms with van der Waals surface area (Å²) in [6, 6.07) is 11.3. The average molecular weight is 301 g/mol. The van der Waals surface area contributed by atoms with Crippen LogP contribution in [0, 0.1) is 12.8 Å². The van der Waals surface area contributed by atoms with Gasteiger partial charge in [0.25, 0.3) is 0 Å². The maximum absolute atomic E-state index is 12.5. The van der Waals surface area contributed by atoms with Crippen molar-refractivity contribution in [3.8, 4) is 5.75 Å². The highest BCUT2D eigenvalue weighted by Crippen LogP contribution is 2.50. The van der Waals surface area contributed by atoms with Crippen molar-refractivity contribution in [2.75, 3.05) is 7.05 Å². The van der Waals surface area contributed by atoms with Crippen LogP contribution in [-0.2, 0) is 11.3 Å². The second-order valence-electron chi connectivity index (χ2n) is 5.76. The summed E-state index contributed by atoms with van der Waals surface area (Å²) in [5.74, 6) is 0.981. The standard InChI is InChI=1S/C17H19NO2S/c1-11-6-7-16(21-11)14-9-15(14)17(20)18(2)10-12-4-3-5-13(19)8-12/h3-8,14-15,19H,9-10H2,1-2H3/t14-,15-/m0/s1. The molecule has 1 amide bonds. The van der Waals surface area contributed by atoms with Gasteiger partial charge in [0.2, 0.25) is 5.91 Å². The van der Waals surface area contributed by atoms with Crippen molar-refractivity contribution < 1.29 is 9.90 Å². The van der Waals surface area contributed by atoms with Crippen LogP contribution >= 0.6 is 11.3 Å². The van der Waals surface area contributed by atoms with E-state index in [1.807, 2.05) is 13.1 Å². The minimum absolute atomic E-state index is 0.130. The van der Waals surface area contributed by atoms with Crippen molar-refractivity contribution in [2.45, 2.75) is 25.8 Å². The first kappa shape index (κ1) is 14.1. The summed E-state index contributed by atoms with van der Waals surface area (Å²) in [6.07, 6.45) is 0.961. The number of phenols is 1. The Bertz CT molecular complexity index is 664. The number of hydrogen-bond donors (Lipinski definition) is 1. The van der Waals surface area contributed by atoms with Gasteiger partial charge in [0.05, 0.1) is 0 Å². The van der Waals surface area contributed by atoms with Crippen molar-refractivity contribution in [3.05, 3.63) is 51.7 Å². The van der Waals surface area contributed by atoms with Crippen LogP contribution in [0.5, 0.6) is 5.75 Å². The summed E-state index contributed by atoms with van der Waals surface area (Å²) in [5, 5.41) is 9.48. The van der Waals surface area contributed by atoms with Gasteiger partial charge in [-0.05, 0) is 43.2 Å². The van der Waals surface area contributed by atoms with Crippen LogP contribution < -0.4 is 0 Å². The Morgan fingerprint density at radius 2 is 2.19 bits per heavy atom. The molecule has 1 aliphatic carbocycles. The van der Waals surface area contributed by atoms with Crippen LogP contribution in [0.4, 0.5) is 0 Å². The molecule has 2 aromatic rings. The Morgan fingerprint density at radius 1 is 1.38 bits per heavy atom. The summed E-state index contributed by atoms with van der Waals surface area (Å²) in [7, 11) is 1.83. The van der Waals surface area contributed by atoms with E-state index in [-0.39, 0.29) is 17.6 Å². The highest BCUT2D eigenvalue weighted by atomic mass is 32.1. The largest absolute Gasteiger partial charge is 0.508 e. The maximum Gasteiger partial charge on any atom is 0.226 e. The van der Waals surface area contributed by atoms with Gasteiger partial charge >= 0.3 is 0 Å². The van der Waals surface area contributed by atoms with Gasteiger partial charge in [0, 0.05) is 35.2 Å². The van der Waals surface area contributed by atoms with Gasteiger partial charge in [0.15, 0.2) is 0 Å². The normalized spacial score (nSPS) is 20.3. The van der Waals surface area contributed by atoms with Crippen molar-refractivity contribution >= 4 is 17.2 Å². The molecular formula is C17H19NO2S. The molecule has 1 aromatic carbocycles. The van der Waals surface area contributed by atoms with Crippen LogP contribution in [0.3, 0.4) is 0 Å².